The average molecular weight is 594 g/mol. The van der Waals surface area contributed by atoms with Gasteiger partial charge in [-0.05, 0) is 98.2 Å². The number of nitrogens with one attached hydrogen (secondary N) is 1. The van der Waals surface area contributed by atoms with Gasteiger partial charge in [0.1, 0.15) is 24.0 Å². The van der Waals surface area contributed by atoms with Crippen molar-refractivity contribution in [1.29, 1.82) is 5.26 Å². The molecule has 3 rings (SSSR count). The predicted molar refractivity (Wildman–Crippen MR) is 131 cm³/mol. The summed E-state index contributed by atoms with van der Waals surface area (Å²) in [6.07, 6.45) is 1.52. The van der Waals surface area contributed by atoms with Gasteiger partial charge in [0.15, 0.2) is 0 Å². The van der Waals surface area contributed by atoms with Crippen molar-refractivity contribution >= 4 is 67.8 Å². The van der Waals surface area contributed by atoms with E-state index in [0.29, 0.717) is 28.6 Å². The van der Waals surface area contributed by atoms with Crippen LogP contribution in [-0.2, 0) is 11.4 Å². The van der Waals surface area contributed by atoms with Crippen LogP contribution in [0.1, 0.15) is 11.1 Å². The molecule has 0 saturated heterocycles. The van der Waals surface area contributed by atoms with Gasteiger partial charge in [0.25, 0.3) is 5.91 Å². The Morgan fingerprint density at radius 3 is 2.60 bits per heavy atom. The number of ether oxygens (including phenoxy) is 1. The molecular weight excluding hydrogens is 579 g/mol. The van der Waals surface area contributed by atoms with Crippen LogP contribution in [0.3, 0.4) is 0 Å². The fourth-order valence-electron chi connectivity index (χ4n) is 2.55. The Bertz CT molecular complexity index is 1140. The maximum Gasteiger partial charge on any atom is 0.266 e. The fourth-order valence-corrected chi connectivity index (χ4v) is 3.61. The molecule has 0 aromatic heterocycles. The summed E-state index contributed by atoms with van der Waals surface area (Å²) in [6.45, 7) is 0.441. The van der Waals surface area contributed by atoms with Gasteiger partial charge in [-0.3, -0.25) is 4.79 Å². The van der Waals surface area contributed by atoms with Crippen LogP contribution in [0.25, 0.3) is 6.08 Å². The van der Waals surface area contributed by atoms with E-state index in [4.69, 9.17) is 16.3 Å². The fraction of sp³-hybridized carbons (Fsp3) is 0.0435. The second-order valence-corrected chi connectivity index (χ2v) is 8.78. The van der Waals surface area contributed by atoms with E-state index in [1.54, 1.807) is 42.5 Å². The largest absolute Gasteiger partial charge is 0.488 e. The lowest BCUT2D eigenvalue weighted by Gasteiger charge is -2.09. The molecule has 0 spiro atoms. The lowest BCUT2D eigenvalue weighted by Crippen LogP contribution is -2.13. The Hall–Kier alpha value is -2.34. The number of rotatable bonds is 6. The Labute approximate surface area is 201 Å². The summed E-state index contributed by atoms with van der Waals surface area (Å²) in [5, 5.41) is 12.6. The van der Waals surface area contributed by atoms with Gasteiger partial charge >= 0.3 is 0 Å². The first-order valence-electron chi connectivity index (χ1n) is 8.80. The van der Waals surface area contributed by atoms with E-state index in [0.717, 1.165) is 10.0 Å². The minimum atomic E-state index is -0.505. The van der Waals surface area contributed by atoms with Gasteiger partial charge in [-0.25, -0.2) is 0 Å². The molecule has 1 amide bonds. The Morgan fingerprint density at radius 2 is 1.93 bits per heavy atom. The predicted octanol–water partition coefficient (Wildman–Crippen LogP) is 6.83. The molecule has 0 radical (unpaired) electrons. The maximum absolute atomic E-state index is 12.4. The molecule has 30 heavy (non-hydrogen) atoms. The van der Waals surface area contributed by atoms with Crippen molar-refractivity contribution in [1.82, 2.24) is 0 Å². The van der Waals surface area contributed by atoms with Crippen molar-refractivity contribution in [2.45, 2.75) is 6.61 Å². The van der Waals surface area contributed by atoms with Gasteiger partial charge in [0, 0.05) is 14.3 Å². The lowest BCUT2D eigenvalue weighted by atomic mass is 10.1. The van der Waals surface area contributed by atoms with Crippen LogP contribution in [0, 0.1) is 14.9 Å². The van der Waals surface area contributed by atoms with Crippen molar-refractivity contribution in [2.24, 2.45) is 0 Å². The zero-order valence-electron chi connectivity index (χ0n) is 15.5. The molecule has 0 bridgehead atoms. The van der Waals surface area contributed by atoms with E-state index < -0.39 is 5.91 Å². The number of halogens is 3. The van der Waals surface area contributed by atoms with Gasteiger partial charge in [-0.1, -0.05) is 35.9 Å². The zero-order chi connectivity index (χ0) is 21.5. The van der Waals surface area contributed by atoms with Gasteiger partial charge in [0.2, 0.25) is 0 Å². The van der Waals surface area contributed by atoms with E-state index in [2.05, 4.69) is 43.8 Å². The first kappa shape index (κ1) is 22.3. The van der Waals surface area contributed by atoms with Crippen LogP contribution in [0.4, 0.5) is 5.69 Å². The van der Waals surface area contributed by atoms with Crippen LogP contribution in [0.15, 0.2) is 76.8 Å². The van der Waals surface area contributed by atoms with Gasteiger partial charge in [0.05, 0.1) is 4.47 Å². The van der Waals surface area contributed by atoms with Crippen molar-refractivity contribution in [3.8, 4) is 11.8 Å². The molecule has 7 heteroatoms. The van der Waals surface area contributed by atoms with Crippen molar-refractivity contribution in [3.05, 3.63) is 96.5 Å². The summed E-state index contributed by atoms with van der Waals surface area (Å²) in [7, 11) is 0. The van der Waals surface area contributed by atoms with Gasteiger partial charge in [-0.2, -0.15) is 5.26 Å². The molecule has 0 fully saturated rings. The average Bonchev–Trinajstić information content (AvgIpc) is 2.72. The third-order valence-corrected chi connectivity index (χ3v) is 5.60. The first-order chi connectivity index (χ1) is 14.4. The van der Waals surface area contributed by atoms with Crippen LogP contribution < -0.4 is 10.1 Å². The van der Waals surface area contributed by atoms with Crippen LogP contribution in [-0.4, -0.2) is 5.91 Å². The second kappa shape index (κ2) is 10.6. The van der Waals surface area contributed by atoms with E-state index >= 15 is 0 Å². The molecule has 0 atom stereocenters. The van der Waals surface area contributed by atoms with Gasteiger partial charge < -0.3 is 10.1 Å². The minimum absolute atomic E-state index is 0.0190. The standard InChI is InChI=1S/C23H15BrClIN2O2/c24-21-11-16(6-9-22(21)30-14-15-4-7-19(26)8-5-15)10-17(13-27)23(29)28-20-3-1-2-18(25)12-20/h1-12H,14H2,(H,28,29)/b17-10+. The number of amides is 1. The van der Waals surface area contributed by atoms with Crippen LogP contribution in [0.5, 0.6) is 5.75 Å². The van der Waals surface area contributed by atoms with Crippen LogP contribution in [0.2, 0.25) is 5.02 Å². The van der Waals surface area contributed by atoms with E-state index in [1.165, 1.54) is 9.65 Å². The Morgan fingerprint density at radius 1 is 1.17 bits per heavy atom. The SMILES string of the molecule is N#C/C(=C\c1ccc(OCc2ccc(I)cc2)c(Br)c1)C(=O)Nc1cccc(Cl)c1. The smallest absolute Gasteiger partial charge is 0.266 e. The maximum atomic E-state index is 12.4. The molecule has 3 aromatic carbocycles. The number of hydrogen-bond acceptors (Lipinski definition) is 3. The van der Waals surface area contributed by atoms with Crippen molar-refractivity contribution < 1.29 is 9.53 Å². The Balaban J connectivity index is 1.70. The molecule has 0 heterocycles. The number of benzene rings is 3. The number of carbonyl (C=O) groups is 1. The summed E-state index contributed by atoms with van der Waals surface area (Å²) < 4.78 is 7.76. The molecule has 4 nitrogen and oxygen atoms in total. The van der Waals surface area contributed by atoms with E-state index in [-0.39, 0.29) is 5.57 Å². The molecule has 150 valence electrons. The molecule has 0 saturated carbocycles. The number of carbonyl (C=O) groups excluding carboxylic acids is 1. The zero-order valence-corrected chi connectivity index (χ0v) is 20.0. The molecular formula is C23H15BrClIN2O2. The highest BCUT2D eigenvalue weighted by atomic mass is 127. The van der Waals surface area contributed by atoms with Crippen molar-refractivity contribution in [3.63, 3.8) is 0 Å². The monoisotopic (exact) mass is 592 g/mol. The third kappa shape index (κ3) is 6.33. The van der Waals surface area contributed by atoms with E-state index in [1.807, 2.05) is 30.3 Å². The third-order valence-electron chi connectivity index (χ3n) is 4.02. The number of hydrogen-bond donors (Lipinski definition) is 1. The minimum Gasteiger partial charge on any atom is -0.488 e. The molecule has 0 aliphatic heterocycles. The number of anilines is 1. The quantitative estimate of drug-likeness (QED) is 0.194. The number of nitriles is 1. The van der Waals surface area contributed by atoms with Crippen LogP contribution >= 0.6 is 50.1 Å². The summed E-state index contributed by atoms with van der Waals surface area (Å²) in [5.74, 6) is 0.169. The molecule has 0 aliphatic carbocycles. The first-order valence-corrected chi connectivity index (χ1v) is 11.0. The summed E-state index contributed by atoms with van der Waals surface area (Å²) in [6, 6.07) is 22.2. The second-order valence-electron chi connectivity index (χ2n) is 6.24. The molecule has 0 aliphatic rings. The highest BCUT2D eigenvalue weighted by Gasteiger charge is 2.11. The lowest BCUT2D eigenvalue weighted by molar-refractivity contribution is -0.112. The topological polar surface area (TPSA) is 62.1 Å². The summed E-state index contributed by atoms with van der Waals surface area (Å²) in [4.78, 5) is 12.4. The normalized spacial score (nSPS) is 10.9. The van der Waals surface area contributed by atoms with Gasteiger partial charge in [-0.15, -0.1) is 0 Å². The highest BCUT2D eigenvalue weighted by Crippen LogP contribution is 2.28. The van der Waals surface area contributed by atoms with Crippen molar-refractivity contribution in [2.75, 3.05) is 5.32 Å². The summed E-state index contributed by atoms with van der Waals surface area (Å²) >= 11 is 11.7. The van der Waals surface area contributed by atoms with E-state index in [9.17, 15) is 10.1 Å². The molecule has 3 aromatic rings. The Kier molecular flexibility index (Phi) is 7.91. The molecule has 1 N–H and O–H groups in total. The highest BCUT2D eigenvalue weighted by molar-refractivity contribution is 14.1. The molecule has 0 unspecified atom stereocenters. The summed E-state index contributed by atoms with van der Waals surface area (Å²) in [5.41, 5.74) is 2.26. The number of nitrogens with zero attached hydrogens (tertiary/aromatic N) is 1.